The van der Waals surface area contributed by atoms with Gasteiger partial charge in [0.1, 0.15) is 36.8 Å². The molecule has 1 saturated heterocycles. The number of rotatable bonds is 42. The molecule has 12 nitrogen and oxygen atoms in total. The molecule has 2 unspecified atom stereocenters. The van der Waals surface area contributed by atoms with Crippen molar-refractivity contribution in [1.82, 2.24) is 0 Å². The number of unbranched alkanes of at least 4 members (excludes halogenated alkanes) is 30. The van der Waals surface area contributed by atoms with Crippen molar-refractivity contribution in [3.63, 3.8) is 0 Å². The van der Waals surface area contributed by atoms with E-state index in [4.69, 9.17) is 18.9 Å². The van der Waals surface area contributed by atoms with Gasteiger partial charge in [0.25, 0.3) is 10.1 Å². The Labute approximate surface area is 365 Å². The van der Waals surface area contributed by atoms with Gasteiger partial charge in [0, 0.05) is 12.8 Å². The summed E-state index contributed by atoms with van der Waals surface area (Å²) in [6, 6.07) is 0. The normalized spacial score (nSPS) is 20.0. The Morgan fingerprint density at radius 2 is 0.850 bits per heavy atom. The lowest BCUT2D eigenvalue weighted by Gasteiger charge is -2.40. The molecule has 0 aromatic carbocycles. The average Bonchev–Trinajstić information content (AvgIpc) is 3.21. The molecule has 356 valence electrons. The van der Waals surface area contributed by atoms with Crippen molar-refractivity contribution in [2.45, 2.75) is 269 Å². The standard InChI is InChI=1S/C47H90O12S/c1-3-5-7-9-11-13-15-17-18-19-20-21-22-24-25-27-29-31-33-35-42(48)56-37-40(38-57-47-46(52)45(51)44(50)41(59-47)39-60(53,54)55)58-43(49)36-34-32-30-28-26-23-16-14-12-10-8-6-4-2/h40-41,44-47,50-52H,3-39H2,1-2H3,(H,53,54,55)/t40-,41-,44-,45?,46?,47+/m1/s1. The first-order valence-corrected chi connectivity index (χ1v) is 26.2. The van der Waals surface area contributed by atoms with Crippen molar-refractivity contribution in [3.05, 3.63) is 0 Å². The third-order valence-electron chi connectivity index (χ3n) is 11.7. The van der Waals surface area contributed by atoms with Crippen LogP contribution in [-0.4, -0.2) is 96.0 Å². The molecule has 0 aromatic heterocycles. The van der Waals surface area contributed by atoms with Crippen molar-refractivity contribution in [2.24, 2.45) is 0 Å². The second kappa shape index (κ2) is 38.1. The lowest BCUT2D eigenvalue weighted by Crippen LogP contribution is -2.60. The maximum Gasteiger partial charge on any atom is 0.306 e. The number of hydrogen-bond acceptors (Lipinski definition) is 11. The first kappa shape index (κ1) is 56.7. The molecule has 4 N–H and O–H groups in total. The van der Waals surface area contributed by atoms with E-state index >= 15 is 0 Å². The number of carbonyl (C=O) groups excluding carboxylic acids is 2. The number of aliphatic hydroxyl groups is 3. The zero-order valence-electron chi connectivity index (χ0n) is 38.1. The minimum absolute atomic E-state index is 0.172. The molecular weight excluding hydrogens is 789 g/mol. The molecule has 13 heteroatoms. The highest BCUT2D eigenvalue weighted by Crippen LogP contribution is 2.24. The van der Waals surface area contributed by atoms with Crippen molar-refractivity contribution >= 4 is 22.1 Å². The van der Waals surface area contributed by atoms with E-state index in [1.54, 1.807) is 0 Å². The van der Waals surface area contributed by atoms with Gasteiger partial charge in [-0.2, -0.15) is 8.42 Å². The highest BCUT2D eigenvalue weighted by Gasteiger charge is 2.46. The van der Waals surface area contributed by atoms with E-state index in [1.807, 2.05) is 0 Å². The summed E-state index contributed by atoms with van der Waals surface area (Å²) in [5.74, 6) is -1.96. The number of aliphatic hydroxyl groups excluding tert-OH is 3. The summed E-state index contributed by atoms with van der Waals surface area (Å²) >= 11 is 0. The van der Waals surface area contributed by atoms with Crippen molar-refractivity contribution in [1.29, 1.82) is 0 Å². The smallest absolute Gasteiger partial charge is 0.306 e. The summed E-state index contributed by atoms with van der Waals surface area (Å²) in [4.78, 5) is 25.4. The Bertz CT molecular complexity index is 1120. The van der Waals surface area contributed by atoms with Crippen LogP contribution in [0.4, 0.5) is 0 Å². The molecule has 1 heterocycles. The maximum absolute atomic E-state index is 12.8. The topological polar surface area (TPSA) is 186 Å². The summed E-state index contributed by atoms with van der Waals surface area (Å²) in [7, 11) is -4.60. The number of ether oxygens (including phenoxy) is 4. The predicted octanol–water partition coefficient (Wildman–Crippen LogP) is 10.5. The monoisotopic (exact) mass is 879 g/mol. The summed E-state index contributed by atoms with van der Waals surface area (Å²) in [6.45, 7) is 3.79. The van der Waals surface area contributed by atoms with Gasteiger partial charge in [-0.05, 0) is 12.8 Å². The maximum atomic E-state index is 12.8. The zero-order valence-corrected chi connectivity index (χ0v) is 38.9. The number of hydrogen-bond donors (Lipinski definition) is 4. The number of esters is 2. The first-order chi connectivity index (χ1) is 29.0. The van der Waals surface area contributed by atoms with E-state index in [1.165, 1.54) is 154 Å². The third kappa shape index (κ3) is 32.3. The van der Waals surface area contributed by atoms with E-state index in [0.717, 1.165) is 38.5 Å². The second-order valence-corrected chi connectivity index (χ2v) is 19.0. The lowest BCUT2D eigenvalue weighted by atomic mass is 10.00. The van der Waals surface area contributed by atoms with Gasteiger partial charge in [-0.15, -0.1) is 0 Å². The van der Waals surface area contributed by atoms with Crippen LogP contribution in [0.3, 0.4) is 0 Å². The minimum atomic E-state index is -4.60. The van der Waals surface area contributed by atoms with Gasteiger partial charge < -0.3 is 34.3 Å². The van der Waals surface area contributed by atoms with E-state index in [2.05, 4.69) is 13.8 Å². The zero-order chi connectivity index (χ0) is 44.1. The fraction of sp³-hybridized carbons (Fsp3) is 0.957. The van der Waals surface area contributed by atoms with Gasteiger partial charge in [-0.25, -0.2) is 0 Å². The van der Waals surface area contributed by atoms with Crippen LogP contribution in [0.25, 0.3) is 0 Å². The Balaban J connectivity index is 2.36. The van der Waals surface area contributed by atoms with Gasteiger partial charge in [0.05, 0.1) is 6.61 Å². The summed E-state index contributed by atoms with van der Waals surface area (Å²) < 4.78 is 54.1. The molecule has 1 rings (SSSR count). The van der Waals surface area contributed by atoms with Crippen LogP contribution in [0.5, 0.6) is 0 Å². The van der Waals surface area contributed by atoms with Crippen LogP contribution in [0.1, 0.15) is 232 Å². The Kier molecular flexibility index (Phi) is 36.0. The molecule has 6 atom stereocenters. The molecule has 0 aromatic rings. The third-order valence-corrected chi connectivity index (χ3v) is 12.4. The fourth-order valence-electron chi connectivity index (χ4n) is 7.86. The van der Waals surface area contributed by atoms with Crippen LogP contribution in [0, 0.1) is 0 Å². The Morgan fingerprint density at radius 3 is 1.22 bits per heavy atom. The van der Waals surface area contributed by atoms with Gasteiger partial charge in [0.15, 0.2) is 12.4 Å². The predicted molar refractivity (Wildman–Crippen MR) is 238 cm³/mol. The molecule has 0 bridgehead atoms. The SMILES string of the molecule is CCCCCCCCCCCCCCCCCCCCCC(=O)OC[C@H](CO[C@H]1O[C@H](CS(=O)(=O)O)[C@@H](O)C(O)C1O)OC(=O)CCCCCCCCCCCCCCC. The van der Waals surface area contributed by atoms with Crippen LogP contribution in [0.15, 0.2) is 0 Å². The van der Waals surface area contributed by atoms with E-state index in [-0.39, 0.29) is 19.4 Å². The molecule has 60 heavy (non-hydrogen) atoms. The van der Waals surface area contributed by atoms with Gasteiger partial charge >= 0.3 is 11.9 Å². The highest BCUT2D eigenvalue weighted by molar-refractivity contribution is 7.85. The first-order valence-electron chi connectivity index (χ1n) is 24.6. The van der Waals surface area contributed by atoms with Crippen molar-refractivity contribution in [3.8, 4) is 0 Å². The summed E-state index contributed by atoms with van der Waals surface area (Å²) in [5.41, 5.74) is 0. The lowest BCUT2D eigenvalue weighted by molar-refractivity contribution is -0.297. The van der Waals surface area contributed by atoms with Crippen molar-refractivity contribution in [2.75, 3.05) is 19.0 Å². The van der Waals surface area contributed by atoms with E-state index in [0.29, 0.717) is 12.8 Å². The summed E-state index contributed by atoms with van der Waals surface area (Å²) in [5, 5.41) is 30.9. The average molecular weight is 879 g/mol. The van der Waals surface area contributed by atoms with Gasteiger partial charge in [-0.3, -0.25) is 14.1 Å². The fourth-order valence-corrected chi connectivity index (χ4v) is 8.55. The van der Waals surface area contributed by atoms with Gasteiger partial charge in [0.2, 0.25) is 0 Å². The van der Waals surface area contributed by atoms with E-state index < -0.39 is 71.2 Å². The summed E-state index contributed by atoms with van der Waals surface area (Å²) in [6.07, 6.45) is 30.0. The van der Waals surface area contributed by atoms with Crippen molar-refractivity contribution < 1.29 is 56.8 Å². The number of carbonyl (C=O) groups is 2. The molecule has 0 amide bonds. The molecular formula is C47H90O12S. The molecule has 1 aliphatic rings. The molecule has 1 fully saturated rings. The second-order valence-electron chi connectivity index (χ2n) is 17.5. The highest BCUT2D eigenvalue weighted by atomic mass is 32.2. The molecule has 0 aliphatic carbocycles. The Morgan fingerprint density at radius 1 is 0.500 bits per heavy atom. The minimum Gasteiger partial charge on any atom is -0.462 e. The van der Waals surface area contributed by atoms with E-state index in [9.17, 15) is 37.9 Å². The molecule has 0 radical (unpaired) electrons. The van der Waals surface area contributed by atoms with Gasteiger partial charge in [-0.1, -0.05) is 206 Å². The van der Waals surface area contributed by atoms with Crippen LogP contribution in [-0.2, 0) is 38.7 Å². The largest absolute Gasteiger partial charge is 0.462 e. The molecule has 1 aliphatic heterocycles. The van der Waals surface area contributed by atoms with Crippen LogP contribution in [0.2, 0.25) is 0 Å². The quantitative estimate of drug-likeness (QED) is 0.0259. The van der Waals surface area contributed by atoms with Crippen LogP contribution >= 0.6 is 0 Å². The molecule has 0 saturated carbocycles. The van der Waals surface area contributed by atoms with Crippen LogP contribution < -0.4 is 0 Å². The Hall–Kier alpha value is -1.35. The molecule has 0 spiro atoms.